The van der Waals surface area contributed by atoms with Crippen LogP contribution >= 0.6 is 23.2 Å². The van der Waals surface area contributed by atoms with Crippen LogP contribution in [-0.2, 0) is 24.1 Å². The third-order valence-corrected chi connectivity index (χ3v) is 7.01. The third-order valence-electron chi connectivity index (χ3n) is 6.59. The molecule has 2 aliphatic rings. The van der Waals surface area contributed by atoms with Gasteiger partial charge in [0.15, 0.2) is 0 Å². The Balaban J connectivity index is 0.000000470. The topological polar surface area (TPSA) is 108 Å². The summed E-state index contributed by atoms with van der Waals surface area (Å²) in [5.74, 6) is -1.99. The number of nitrogens with zero attached hydrogens (tertiary/aromatic N) is 4. The van der Waals surface area contributed by atoms with Gasteiger partial charge in [0.1, 0.15) is 5.82 Å². The molecule has 0 radical (unpaired) electrons. The van der Waals surface area contributed by atoms with Crippen molar-refractivity contribution >= 4 is 46.6 Å². The number of hydrogen-bond donors (Lipinski definition) is 2. The van der Waals surface area contributed by atoms with Crippen molar-refractivity contribution in [2.24, 2.45) is 0 Å². The summed E-state index contributed by atoms with van der Waals surface area (Å²) in [4.78, 5) is 37.8. The Kier molecular flexibility index (Phi) is 9.15. The van der Waals surface area contributed by atoms with Crippen molar-refractivity contribution in [3.63, 3.8) is 0 Å². The third kappa shape index (κ3) is 7.00. The average Bonchev–Trinajstić information content (AvgIpc) is 2.92. The minimum Gasteiger partial charge on any atom is -0.475 e. The standard InChI is InChI=1S/C25H25Cl2N5O.C2HF3O2/c1-15(28-24(33)16-8-10-17(26)11-9-16)19-12-13-22-21(29-19)7-4-14-32(22)23-18-5-2-3-6-20(18)30-25(27)31-23;3-2(4,5)1(6)7/h8-13,15H,2-7,14H2,1H3,(H,28,33);(H,6,7). The molecule has 0 saturated carbocycles. The maximum atomic E-state index is 12.6. The molecule has 40 heavy (non-hydrogen) atoms. The predicted molar refractivity (Wildman–Crippen MR) is 144 cm³/mol. The van der Waals surface area contributed by atoms with Crippen LogP contribution in [0.3, 0.4) is 0 Å². The number of benzene rings is 1. The van der Waals surface area contributed by atoms with E-state index in [2.05, 4.69) is 26.3 Å². The Morgan fingerprint density at radius 1 is 0.950 bits per heavy atom. The number of aliphatic carboxylic acids is 1. The molecule has 0 bridgehead atoms. The first-order valence-electron chi connectivity index (χ1n) is 12.6. The van der Waals surface area contributed by atoms with Crippen LogP contribution in [0.4, 0.5) is 24.7 Å². The van der Waals surface area contributed by atoms with Crippen molar-refractivity contribution in [1.29, 1.82) is 0 Å². The second-order valence-corrected chi connectivity index (χ2v) is 10.2. The van der Waals surface area contributed by atoms with E-state index in [0.29, 0.717) is 15.9 Å². The van der Waals surface area contributed by atoms with Gasteiger partial charge in [0.2, 0.25) is 5.28 Å². The summed E-state index contributed by atoms with van der Waals surface area (Å²) < 4.78 is 31.7. The van der Waals surface area contributed by atoms with Gasteiger partial charge in [0, 0.05) is 22.7 Å². The van der Waals surface area contributed by atoms with Gasteiger partial charge in [-0.25, -0.2) is 9.78 Å². The molecular formula is C27H26Cl2F3N5O3. The molecule has 13 heteroatoms. The Morgan fingerprint density at radius 2 is 1.60 bits per heavy atom. The van der Waals surface area contributed by atoms with Crippen LogP contribution in [0.2, 0.25) is 10.3 Å². The van der Waals surface area contributed by atoms with E-state index >= 15 is 0 Å². The van der Waals surface area contributed by atoms with E-state index in [1.165, 1.54) is 5.56 Å². The molecule has 1 aliphatic heterocycles. The molecule has 0 saturated heterocycles. The van der Waals surface area contributed by atoms with Gasteiger partial charge in [-0.1, -0.05) is 11.6 Å². The van der Waals surface area contributed by atoms with E-state index in [0.717, 1.165) is 73.7 Å². The number of halogens is 5. The van der Waals surface area contributed by atoms with E-state index in [-0.39, 0.29) is 11.9 Å². The number of alkyl halides is 3. The van der Waals surface area contributed by atoms with Crippen LogP contribution in [0.1, 0.15) is 65.2 Å². The lowest BCUT2D eigenvalue weighted by Gasteiger charge is -2.33. The zero-order chi connectivity index (χ0) is 29.0. The molecular weight excluding hydrogens is 570 g/mol. The molecule has 0 fully saturated rings. The van der Waals surface area contributed by atoms with E-state index in [1.807, 2.05) is 13.0 Å². The van der Waals surface area contributed by atoms with Gasteiger partial charge >= 0.3 is 12.1 Å². The molecule has 1 aromatic carbocycles. The summed E-state index contributed by atoms with van der Waals surface area (Å²) in [5, 5.41) is 11.1. The molecule has 212 valence electrons. The molecule has 3 aromatic rings. The molecule has 1 amide bonds. The van der Waals surface area contributed by atoms with Crippen LogP contribution < -0.4 is 10.2 Å². The number of aryl methyl sites for hydroxylation is 2. The van der Waals surface area contributed by atoms with Gasteiger partial charge < -0.3 is 15.3 Å². The number of carbonyl (C=O) groups excluding carboxylic acids is 1. The molecule has 1 atom stereocenters. The number of carbonyl (C=O) groups is 2. The van der Waals surface area contributed by atoms with Crippen LogP contribution in [0, 0.1) is 0 Å². The van der Waals surface area contributed by atoms with Gasteiger partial charge in [-0.15, -0.1) is 0 Å². The summed E-state index contributed by atoms with van der Waals surface area (Å²) in [6, 6.07) is 10.7. The lowest BCUT2D eigenvalue weighted by atomic mass is 9.95. The maximum absolute atomic E-state index is 12.6. The highest BCUT2D eigenvalue weighted by atomic mass is 35.5. The molecule has 1 aliphatic carbocycles. The highest BCUT2D eigenvalue weighted by Gasteiger charge is 2.38. The van der Waals surface area contributed by atoms with E-state index in [9.17, 15) is 18.0 Å². The fourth-order valence-corrected chi connectivity index (χ4v) is 4.96. The van der Waals surface area contributed by atoms with Crippen molar-refractivity contribution in [2.75, 3.05) is 11.4 Å². The normalized spacial score (nSPS) is 15.2. The Bertz CT molecular complexity index is 1400. The maximum Gasteiger partial charge on any atom is 0.490 e. The van der Waals surface area contributed by atoms with Gasteiger partial charge in [0.25, 0.3) is 5.91 Å². The molecule has 8 nitrogen and oxygen atoms in total. The van der Waals surface area contributed by atoms with E-state index < -0.39 is 12.1 Å². The number of hydrogen-bond acceptors (Lipinski definition) is 6. The van der Waals surface area contributed by atoms with Crippen molar-refractivity contribution in [3.8, 4) is 0 Å². The second kappa shape index (κ2) is 12.4. The summed E-state index contributed by atoms with van der Waals surface area (Å²) in [6.45, 7) is 2.82. The first-order chi connectivity index (χ1) is 18.9. The minimum absolute atomic E-state index is 0.150. The molecule has 5 rings (SSSR count). The van der Waals surface area contributed by atoms with Crippen LogP contribution in [0.15, 0.2) is 36.4 Å². The largest absolute Gasteiger partial charge is 0.490 e. The SMILES string of the molecule is CC(NC(=O)c1ccc(Cl)cc1)c1ccc2c(n1)CCCN2c1nc(Cl)nc2c1CCCC2.O=C(O)C(F)(F)F. The average molecular weight is 596 g/mol. The zero-order valence-electron chi connectivity index (χ0n) is 21.4. The molecule has 1 unspecified atom stereocenters. The number of carboxylic acids is 1. The summed E-state index contributed by atoms with van der Waals surface area (Å²) in [6.07, 6.45) is 0.999. The fourth-order valence-electron chi connectivity index (χ4n) is 4.65. The van der Waals surface area contributed by atoms with Crippen molar-refractivity contribution in [1.82, 2.24) is 20.3 Å². The van der Waals surface area contributed by atoms with Gasteiger partial charge in [-0.05, 0) is 93.4 Å². The van der Waals surface area contributed by atoms with Crippen molar-refractivity contribution in [2.45, 2.75) is 57.7 Å². The Morgan fingerprint density at radius 3 is 2.27 bits per heavy atom. The van der Waals surface area contributed by atoms with E-state index in [1.54, 1.807) is 24.3 Å². The van der Waals surface area contributed by atoms with Crippen LogP contribution in [0.5, 0.6) is 0 Å². The van der Waals surface area contributed by atoms with Crippen molar-refractivity contribution < 1.29 is 27.9 Å². The summed E-state index contributed by atoms with van der Waals surface area (Å²) in [7, 11) is 0. The lowest BCUT2D eigenvalue weighted by Crippen LogP contribution is -2.30. The molecule has 2 aromatic heterocycles. The molecule has 2 N–H and O–H groups in total. The first-order valence-corrected chi connectivity index (χ1v) is 13.4. The first kappa shape index (κ1) is 29.5. The fraction of sp³-hybridized carbons (Fsp3) is 0.370. The van der Waals surface area contributed by atoms with Gasteiger partial charge in [-0.2, -0.15) is 18.2 Å². The molecule has 0 spiro atoms. The highest BCUT2D eigenvalue weighted by Crippen LogP contribution is 2.37. The Hall–Kier alpha value is -3.44. The second-order valence-electron chi connectivity index (χ2n) is 9.41. The lowest BCUT2D eigenvalue weighted by molar-refractivity contribution is -0.192. The quantitative estimate of drug-likeness (QED) is 0.342. The zero-order valence-corrected chi connectivity index (χ0v) is 22.9. The number of anilines is 2. The number of fused-ring (bicyclic) bond motifs is 2. The Labute approximate surface area is 238 Å². The number of nitrogens with one attached hydrogen (secondary N) is 1. The number of pyridine rings is 1. The summed E-state index contributed by atoms with van der Waals surface area (Å²) in [5.41, 5.74) is 5.77. The number of amides is 1. The minimum atomic E-state index is -5.08. The van der Waals surface area contributed by atoms with Gasteiger partial charge in [-0.3, -0.25) is 9.78 Å². The van der Waals surface area contributed by atoms with Crippen molar-refractivity contribution in [3.05, 3.63) is 74.9 Å². The molecule has 3 heterocycles. The monoisotopic (exact) mass is 595 g/mol. The van der Waals surface area contributed by atoms with Crippen LogP contribution in [0.25, 0.3) is 0 Å². The smallest absolute Gasteiger partial charge is 0.475 e. The highest BCUT2D eigenvalue weighted by molar-refractivity contribution is 6.30. The number of rotatable bonds is 4. The van der Waals surface area contributed by atoms with Gasteiger partial charge in [0.05, 0.1) is 28.8 Å². The van der Waals surface area contributed by atoms with Crippen LogP contribution in [-0.4, -0.2) is 44.7 Å². The number of carboxylic acid groups (broad SMARTS) is 1. The summed E-state index contributed by atoms with van der Waals surface area (Å²) >= 11 is 12.2. The van der Waals surface area contributed by atoms with E-state index in [4.69, 9.17) is 38.1 Å². The predicted octanol–water partition coefficient (Wildman–Crippen LogP) is 6.27. The number of aromatic nitrogens is 3.